The predicted octanol–water partition coefficient (Wildman–Crippen LogP) is 3.32. The molecular weight excluding hydrogens is 494 g/mol. The first-order chi connectivity index (χ1) is 16.9. The Morgan fingerprint density at radius 1 is 1.03 bits per heavy atom. The number of nitrogens with zero attached hydrogens (tertiary/aromatic N) is 1. The summed E-state index contributed by atoms with van der Waals surface area (Å²) in [6.45, 7) is 3.55. The molecule has 1 aromatic heterocycles. The average molecular weight is 523 g/mol. The van der Waals surface area contributed by atoms with Crippen LogP contribution in [0.5, 0.6) is 17.2 Å². The fourth-order valence-electron chi connectivity index (χ4n) is 3.35. The van der Waals surface area contributed by atoms with E-state index in [0.717, 1.165) is 11.6 Å². The molecule has 0 fully saturated rings. The third-order valence-corrected chi connectivity index (χ3v) is 5.75. The smallest absolute Gasteiger partial charge is 0.254 e. The molecule has 0 spiro atoms. The molecule has 0 bridgehead atoms. The van der Waals surface area contributed by atoms with Gasteiger partial charge in [-0.05, 0) is 50.1 Å². The third kappa shape index (κ3) is 7.61. The van der Waals surface area contributed by atoms with Crippen molar-refractivity contribution < 1.29 is 31.8 Å². The molecule has 8 nitrogen and oxygen atoms in total. The Hall–Kier alpha value is -3.28. The zero-order chi connectivity index (χ0) is 26.5. The molecule has 2 N–H and O–H groups in total. The van der Waals surface area contributed by atoms with Gasteiger partial charge in [0.25, 0.3) is 5.56 Å². The molecule has 0 amide bonds. The number of aliphatic hydroxyl groups is 1. The Balaban J connectivity index is 2.08. The minimum Gasteiger partial charge on any atom is -0.493 e. The van der Waals surface area contributed by atoms with Gasteiger partial charge in [-0.2, -0.15) is 0 Å². The number of aromatic nitrogens is 1. The zero-order valence-corrected chi connectivity index (χ0v) is 21.0. The summed E-state index contributed by atoms with van der Waals surface area (Å²) in [6, 6.07) is 9.24. The standard InChI is InChI=1S/C25H28F2N2O6S/c1-25(2,31)9-11-34-23-14-24(30)29(3)15-19(23)18-12-16(8-10-28-36(32)33)4-6-21(18)35-22-7-5-17(26)13-20(22)27/h4-7,12-15,31,36H,8-11H2,1-3H3,(H,28,32,33). The zero-order valence-electron chi connectivity index (χ0n) is 20.1. The highest BCUT2D eigenvalue weighted by Crippen LogP contribution is 2.39. The highest BCUT2D eigenvalue weighted by molar-refractivity contribution is 7.70. The molecular formula is C25H28F2N2O6S. The quantitative estimate of drug-likeness (QED) is 0.334. The topological polar surface area (TPSA) is 107 Å². The maximum Gasteiger partial charge on any atom is 0.254 e. The van der Waals surface area contributed by atoms with Gasteiger partial charge in [0, 0.05) is 49.5 Å². The minimum atomic E-state index is -2.75. The number of hydrogen-bond acceptors (Lipinski definition) is 6. The number of pyridine rings is 1. The maximum atomic E-state index is 14.3. The summed E-state index contributed by atoms with van der Waals surface area (Å²) in [6.07, 6.45) is 2.19. The molecule has 3 aromatic rings. The fraction of sp³-hybridized carbons (Fsp3) is 0.320. The molecule has 36 heavy (non-hydrogen) atoms. The van der Waals surface area contributed by atoms with Crippen molar-refractivity contribution in [2.45, 2.75) is 32.3 Å². The monoisotopic (exact) mass is 522 g/mol. The minimum absolute atomic E-state index is 0.118. The molecule has 0 saturated carbocycles. The molecule has 3 rings (SSSR count). The van der Waals surface area contributed by atoms with Crippen molar-refractivity contribution >= 4 is 10.9 Å². The van der Waals surface area contributed by atoms with Gasteiger partial charge < -0.3 is 19.1 Å². The van der Waals surface area contributed by atoms with Crippen LogP contribution in [0.25, 0.3) is 11.1 Å². The van der Waals surface area contributed by atoms with Crippen LogP contribution in [0.4, 0.5) is 8.78 Å². The summed E-state index contributed by atoms with van der Waals surface area (Å²) in [5, 5.41) is 10.0. The fourth-order valence-corrected chi connectivity index (χ4v) is 3.64. The van der Waals surface area contributed by atoms with Crippen LogP contribution in [-0.4, -0.2) is 36.8 Å². The molecule has 0 radical (unpaired) electrons. The molecule has 2 aromatic carbocycles. The van der Waals surface area contributed by atoms with Gasteiger partial charge in [-0.25, -0.2) is 21.9 Å². The van der Waals surface area contributed by atoms with E-state index in [1.54, 1.807) is 45.3 Å². The van der Waals surface area contributed by atoms with Crippen LogP contribution in [0.2, 0.25) is 0 Å². The lowest BCUT2D eigenvalue weighted by Crippen LogP contribution is -2.22. The van der Waals surface area contributed by atoms with Crippen molar-refractivity contribution in [3.8, 4) is 28.4 Å². The van der Waals surface area contributed by atoms with E-state index >= 15 is 0 Å². The Morgan fingerprint density at radius 3 is 2.42 bits per heavy atom. The van der Waals surface area contributed by atoms with Crippen molar-refractivity contribution in [1.82, 2.24) is 9.29 Å². The highest BCUT2D eigenvalue weighted by Gasteiger charge is 2.19. The molecule has 0 unspecified atom stereocenters. The van der Waals surface area contributed by atoms with Gasteiger partial charge in [0.15, 0.2) is 11.6 Å². The summed E-state index contributed by atoms with van der Waals surface area (Å²) in [4.78, 5) is 12.4. The molecule has 0 aliphatic rings. The van der Waals surface area contributed by atoms with Crippen molar-refractivity contribution in [3.05, 3.63) is 76.2 Å². The van der Waals surface area contributed by atoms with E-state index < -0.39 is 28.1 Å². The summed E-state index contributed by atoms with van der Waals surface area (Å²) < 4.78 is 64.8. The molecule has 0 aliphatic carbocycles. The van der Waals surface area contributed by atoms with Crippen molar-refractivity contribution in [3.63, 3.8) is 0 Å². The lowest BCUT2D eigenvalue weighted by Gasteiger charge is -2.20. The van der Waals surface area contributed by atoms with Crippen LogP contribution < -0.4 is 19.8 Å². The third-order valence-electron chi connectivity index (χ3n) is 5.26. The maximum absolute atomic E-state index is 14.3. The molecule has 194 valence electrons. The normalized spacial score (nSPS) is 11.6. The highest BCUT2D eigenvalue weighted by atomic mass is 32.2. The summed E-state index contributed by atoms with van der Waals surface area (Å²) in [5.74, 6) is -1.41. The molecule has 11 heteroatoms. The van der Waals surface area contributed by atoms with E-state index in [0.29, 0.717) is 30.0 Å². The number of nitrogens with one attached hydrogen (secondary N) is 1. The van der Waals surface area contributed by atoms with Crippen molar-refractivity contribution in [1.29, 1.82) is 0 Å². The van der Waals surface area contributed by atoms with E-state index in [2.05, 4.69) is 4.72 Å². The van der Waals surface area contributed by atoms with Crippen LogP contribution in [0.1, 0.15) is 25.8 Å². The first-order valence-corrected chi connectivity index (χ1v) is 12.3. The average Bonchev–Trinajstić information content (AvgIpc) is 2.77. The number of benzene rings is 2. The first kappa shape index (κ1) is 27.3. The largest absolute Gasteiger partial charge is 0.493 e. The van der Waals surface area contributed by atoms with E-state index in [4.69, 9.17) is 9.47 Å². The lowest BCUT2D eigenvalue weighted by atomic mass is 10.0. The Kier molecular flexibility index (Phi) is 8.83. The van der Waals surface area contributed by atoms with E-state index in [-0.39, 0.29) is 36.0 Å². The predicted molar refractivity (Wildman–Crippen MR) is 132 cm³/mol. The van der Waals surface area contributed by atoms with Gasteiger partial charge in [0.2, 0.25) is 10.9 Å². The van der Waals surface area contributed by atoms with Gasteiger partial charge in [0.05, 0.1) is 12.2 Å². The Bertz CT molecular complexity index is 1360. The lowest BCUT2D eigenvalue weighted by molar-refractivity contribution is 0.0554. The first-order valence-electron chi connectivity index (χ1n) is 11.1. The summed E-state index contributed by atoms with van der Waals surface area (Å²) in [7, 11) is -1.19. The van der Waals surface area contributed by atoms with Crippen molar-refractivity contribution in [2.75, 3.05) is 13.2 Å². The molecule has 0 aliphatic heterocycles. The summed E-state index contributed by atoms with van der Waals surface area (Å²) >= 11 is 0. The van der Waals surface area contributed by atoms with Gasteiger partial charge in [0.1, 0.15) is 17.3 Å². The Morgan fingerprint density at radius 2 is 1.75 bits per heavy atom. The summed E-state index contributed by atoms with van der Waals surface area (Å²) in [5.41, 5.74) is 0.317. The van der Waals surface area contributed by atoms with E-state index in [9.17, 15) is 27.1 Å². The van der Waals surface area contributed by atoms with Crippen LogP contribution in [0.3, 0.4) is 0 Å². The SMILES string of the molecule is Cn1cc(-c2cc(CCN[SH](=O)=O)ccc2Oc2ccc(F)cc2F)c(OCCC(C)(C)O)cc1=O. The van der Waals surface area contributed by atoms with Crippen LogP contribution >= 0.6 is 0 Å². The molecule has 0 atom stereocenters. The number of hydrogen-bond donors (Lipinski definition) is 3. The van der Waals surface area contributed by atoms with E-state index in [1.165, 1.54) is 16.7 Å². The van der Waals surface area contributed by atoms with Crippen molar-refractivity contribution in [2.24, 2.45) is 7.05 Å². The number of rotatable bonds is 11. The number of halogens is 2. The second-order valence-electron chi connectivity index (χ2n) is 8.83. The van der Waals surface area contributed by atoms with Gasteiger partial charge in [-0.3, -0.25) is 4.79 Å². The number of thiol groups is 1. The second-order valence-corrected chi connectivity index (χ2v) is 9.66. The Labute approximate surface area is 209 Å². The van der Waals surface area contributed by atoms with Crippen LogP contribution in [0.15, 0.2) is 53.5 Å². The van der Waals surface area contributed by atoms with E-state index in [1.807, 2.05) is 0 Å². The second kappa shape index (κ2) is 11.6. The van der Waals surface area contributed by atoms with Gasteiger partial charge in [-0.1, -0.05) is 6.07 Å². The van der Waals surface area contributed by atoms with Crippen LogP contribution in [0, 0.1) is 11.6 Å². The molecule has 1 heterocycles. The number of ether oxygens (including phenoxy) is 2. The number of aryl methyl sites for hydroxylation is 1. The van der Waals surface area contributed by atoms with Gasteiger partial charge >= 0.3 is 0 Å². The van der Waals surface area contributed by atoms with Gasteiger partial charge in [-0.15, -0.1) is 0 Å². The van der Waals surface area contributed by atoms with Crippen LogP contribution in [-0.2, 0) is 24.4 Å². The molecule has 0 saturated heterocycles.